The van der Waals surface area contributed by atoms with Crippen molar-refractivity contribution in [1.29, 1.82) is 0 Å². The van der Waals surface area contributed by atoms with Crippen LogP contribution in [0.15, 0.2) is 23.8 Å². The molecule has 3 nitrogen and oxygen atoms in total. The molecule has 0 aromatic rings. The Labute approximate surface area is 215 Å². The lowest BCUT2D eigenvalue weighted by atomic mass is 9.45. The van der Waals surface area contributed by atoms with Gasteiger partial charge in [0.2, 0.25) is 0 Å². The molecular weight excluding hydrogens is 432 g/mol. The second-order valence-electron chi connectivity index (χ2n) is 13.7. The second kappa shape index (κ2) is 10.3. The standard InChI is InChI=1S/C32H54O3/c1-8-9-18-35-29-19-25-27-13-12-26(23(5)11-10-22(4)21(2)3)30(27,6)16-15-28(25)31(7)17-14-24(33)20-32(29,31)34/h10-11,19,21-24,26-29,33-34H,8-9,12-18,20H2,1-7H3/t22-,23+,24-,26+,27-,28-,29+,30+,31+,32-/m0/s1. The molecule has 0 aromatic heterocycles. The van der Waals surface area contributed by atoms with E-state index in [0.29, 0.717) is 54.0 Å². The first-order chi connectivity index (χ1) is 16.5. The zero-order valence-electron chi connectivity index (χ0n) is 23.7. The molecular formula is C32H54O3. The number of fused-ring (bicyclic) bond motifs is 5. The first-order valence-electron chi connectivity index (χ1n) is 14.9. The molecule has 4 rings (SSSR count). The summed E-state index contributed by atoms with van der Waals surface area (Å²) >= 11 is 0. The maximum absolute atomic E-state index is 12.2. The molecule has 4 aliphatic rings. The predicted molar refractivity (Wildman–Crippen MR) is 145 cm³/mol. The van der Waals surface area contributed by atoms with Crippen LogP contribution < -0.4 is 0 Å². The van der Waals surface area contributed by atoms with Crippen LogP contribution in [0.1, 0.15) is 106 Å². The third kappa shape index (κ3) is 4.61. The number of allylic oxidation sites excluding steroid dienone is 3. The largest absolute Gasteiger partial charge is 0.393 e. The summed E-state index contributed by atoms with van der Waals surface area (Å²) in [6, 6.07) is 0. The van der Waals surface area contributed by atoms with Gasteiger partial charge >= 0.3 is 0 Å². The quantitative estimate of drug-likeness (QED) is 0.279. The Morgan fingerprint density at radius 3 is 2.46 bits per heavy atom. The maximum atomic E-state index is 12.2. The van der Waals surface area contributed by atoms with Crippen LogP contribution in [0, 0.1) is 46.3 Å². The van der Waals surface area contributed by atoms with Gasteiger partial charge < -0.3 is 14.9 Å². The van der Waals surface area contributed by atoms with Gasteiger partial charge in [0.05, 0.1) is 6.10 Å². The van der Waals surface area contributed by atoms with Crippen molar-refractivity contribution in [3.05, 3.63) is 23.8 Å². The number of aliphatic hydroxyl groups excluding tert-OH is 1. The molecule has 0 unspecified atom stereocenters. The van der Waals surface area contributed by atoms with Gasteiger partial charge in [-0.25, -0.2) is 0 Å². The van der Waals surface area contributed by atoms with Crippen molar-refractivity contribution in [3.63, 3.8) is 0 Å². The number of hydrogen-bond donors (Lipinski definition) is 2. The Morgan fingerprint density at radius 2 is 1.77 bits per heavy atom. The maximum Gasteiger partial charge on any atom is 0.105 e. The van der Waals surface area contributed by atoms with E-state index in [9.17, 15) is 10.2 Å². The zero-order valence-corrected chi connectivity index (χ0v) is 23.7. The summed E-state index contributed by atoms with van der Waals surface area (Å²) in [5.41, 5.74) is 0.728. The van der Waals surface area contributed by atoms with Crippen molar-refractivity contribution in [2.75, 3.05) is 6.61 Å². The van der Waals surface area contributed by atoms with E-state index < -0.39 is 11.7 Å². The number of aliphatic hydroxyl groups is 2. The average Bonchev–Trinajstić information content (AvgIpc) is 3.16. The molecule has 4 aliphatic carbocycles. The SMILES string of the molecule is CCCCO[C@@H]1C=C2[C@@H]3CC[C@H]([C@H](C)C=C[C@H](C)C(C)C)[C@@]3(C)CC[C@@H]2[C@@]2(C)CC[C@H](O)C[C@]12O. The second-order valence-corrected chi connectivity index (χ2v) is 13.7. The average molecular weight is 487 g/mol. The van der Waals surface area contributed by atoms with Crippen LogP contribution in [0.25, 0.3) is 0 Å². The van der Waals surface area contributed by atoms with Crippen molar-refractivity contribution in [3.8, 4) is 0 Å². The topological polar surface area (TPSA) is 49.7 Å². The summed E-state index contributed by atoms with van der Waals surface area (Å²) < 4.78 is 6.45. The van der Waals surface area contributed by atoms with E-state index in [0.717, 1.165) is 32.1 Å². The van der Waals surface area contributed by atoms with Gasteiger partial charge in [-0.2, -0.15) is 0 Å². The summed E-state index contributed by atoms with van der Waals surface area (Å²) in [5.74, 6) is 3.63. The minimum atomic E-state index is -0.971. The molecule has 0 radical (unpaired) electrons. The molecule has 0 aromatic carbocycles. The summed E-state index contributed by atoms with van der Waals surface area (Å²) in [5, 5.41) is 22.8. The molecule has 0 amide bonds. The van der Waals surface area contributed by atoms with Gasteiger partial charge in [0.1, 0.15) is 11.7 Å². The van der Waals surface area contributed by atoms with E-state index >= 15 is 0 Å². The first-order valence-corrected chi connectivity index (χ1v) is 14.9. The highest BCUT2D eigenvalue weighted by atomic mass is 16.5. The van der Waals surface area contributed by atoms with Gasteiger partial charge in [0.15, 0.2) is 0 Å². The molecule has 3 heteroatoms. The van der Waals surface area contributed by atoms with Gasteiger partial charge in [-0.1, -0.05) is 78.7 Å². The minimum absolute atomic E-state index is 0.217. The normalized spacial score (nSPS) is 45.1. The fourth-order valence-electron chi connectivity index (χ4n) is 8.67. The number of hydrogen-bond acceptors (Lipinski definition) is 3. The summed E-state index contributed by atoms with van der Waals surface area (Å²) in [4.78, 5) is 0. The molecule has 0 spiro atoms. The summed E-state index contributed by atoms with van der Waals surface area (Å²) in [6.45, 7) is 17.2. The lowest BCUT2D eigenvalue weighted by Crippen LogP contribution is -2.66. The number of rotatable bonds is 8. The van der Waals surface area contributed by atoms with Crippen LogP contribution in [0.4, 0.5) is 0 Å². The van der Waals surface area contributed by atoms with E-state index in [4.69, 9.17) is 4.74 Å². The van der Waals surface area contributed by atoms with Gasteiger partial charge in [0, 0.05) is 18.4 Å². The predicted octanol–water partition coefficient (Wildman–Crippen LogP) is 7.32. The Hall–Kier alpha value is -0.640. The highest BCUT2D eigenvalue weighted by Gasteiger charge is 2.65. The molecule has 2 N–H and O–H groups in total. The minimum Gasteiger partial charge on any atom is -0.393 e. The van der Waals surface area contributed by atoms with Gasteiger partial charge in [-0.3, -0.25) is 0 Å². The van der Waals surface area contributed by atoms with Crippen molar-refractivity contribution >= 4 is 0 Å². The molecule has 3 fully saturated rings. The van der Waals surface area contributed by atoms with E-state index in [1.165, 1.54) is 19.3 Å². The molecule has 3 saturated carbocycles. The van der Waals surface area contributed by atoms with E-state index in [2.05, 4.69) is 66.7 Å². The summed E-state index contributed by atoms with van der Waals surface area (Å²) in [6.07, 6.45) is 15.8. The number of unbranched alkanes of at least 4 members (excludes halogenated alkanes) is 1. The Kier molecular flexibility index (Phi) is 8.03. The van der Waals surface area contributed by atoms with E-state index in [1.54, 1.807) is 5.57 Å². The molecule has 10 atom stereocenters. The van der Waals surface area contributed by atoms with Gasteiger partial charge in [0.25, 0.3) is 0 Å². The molecule has 200 valence electrons. The van der Waals surface area contributed by atoms with Crippen molar-refractivity contribution < 1.29 is 14.9 Å². The lowest BCUT2D eigenvalue weighted by Gasteiger charge is -2.62. The van der Waals surface area contributed by atoms with E-state index in [-0.39, 0.29) is 11.5 Å². The highest BCUT2D eigenvalue weighted by molar-refractivity contribution is 5.33. The summed E-state index contributed by atoms with van der Waals surface area (Å²) in [7, 11) is 0. The molecule has 0 saturated heterocycles. The van der Waals surface area contributed by atoms with Crippen molar-refractivity contribution in [1.82, 2.24) is 0 Å². The first kappa shape index (κ1) is 27.4. The highest BCUT2D eigenvalue weighted by Crippen LogP contribution is 2.67. The number of ether oxygens (including phenoxy) is 1. The smallest absolute Gasteiger partial charge is 0.105 e. The van der Waals surface area contributed by atoms with Crippen LogP contribution in [0.2, 0.25) is 0 Å². The van der Waals surface area contributed by atoms with Crippen LogP contribution in [0.5, 0.6) is 0 Å². The Morgan fingerprint density at radius 1 is 1.03 bits per heavy atom. The molecule has 0 aliphatic heterocycles. The van der Waals surface area contributed by atoms with Crippen molar-refractivity contribution in [2.45, 2.75) is 124 Å². The van der Waals surface area contributed by atoms with Crippen LogP contribution in [-0.2, 0) is 4.74 Å². The third-order valence-corrected chi connectivity index (χ3v) is 11.5. The van der Waals surface area contributed by atoms with Crippen LogP contribution >= 0.6 is 0 Å². The van der Waals surface area contributed by atoms with Crippen molar-refractivity contribution in [2.24, 2.45) is 46.3 Å². The Balaban J connectivity index is 1.64. The molecule has 35 heavy (non-hydrogen) atoms. The molecule has 0 bridgehead atoms. The monoisotopic (exact) mass is 486 g/mol. The Bertz CT molecular complexity index is 801. The van der Waals surface area contributed by atoms with Crippen LogP contribution in [0.3, 0.4) is 0 Å². The zero-order chi connectivity index (χ0) is 25.6. The fourth-order valence-corrected chi connectivity index (χ4v) is 8.67. The fraction of sp³-hybridized carbons (Fsp3) is 0.875. The van der Waals surface area contributed by atoms with E-state index in [1.807, 2.05) is 0 Å². The third-order valence-electron chi connectivity index (χ3n) is 11.5. The lowest BCUT2D eigenvalue weighted by molar-refractivity contribution is -0.221. The van der Waals surface area contributed by atoms with Crippen LogP contribution in [-0.4, -0.2) is 34.6 Å². The van der Waals surface area contributed by atoms with Gasteiger partial charge in [-0.05, 0) is 85.9 Å². The van der Waals surface area contributed by atoms with Gasteiger partial charge in [-0.15, -0.1) is 0 Å². The molecule has 0 heterocycles.